The van der Waals surface area contributed by atoms with Crippen LogP contribution in [0.3, 0.4) is 0 Å². The van der Waals surface area contributed by atoms with Gasteiger partial charge in [-0.1, -0.05) is 0 Å². The molecule has 0 amide bonds. The second kappa shape index (κ2) is 3.35. The van der Waals surface area contributed by atoms with Gasteiger partial charge in [0, 0.05) is 12.0 Å². The van der Waals surface area contributed by atoms with Gasteiger partial charge in [-0.2, -0.15) is 0 Å². The predicted molar refractivity (Wildman–Crippen MR) is 49.1 cm³/mol. The van der Waals surface area contributed by atoms with E-state index >= 15 is 0 Å². The van der Waals surface area contributed by atoms with Crippen LogP contribution in [0.25, 0.3) is 0 Å². The molecule has 0 saturated carbocycles. The number of piperidine rings is 1. The first-order valence-electron chi connectivity index (χ1n) is 5.05. The zero-order chi connectivity index (χ0) is 8.55. The number of likely N-dealkylation sites (tertiary alicyclic amines) is 1. The summed E-state index contributed by atoms with van der Waals surface area (Å²) in [7, 11) is 2.23. The minimum absolute atomic E-state index is 0.782. The summed E-state index contributed by atoms with van der Waals surface area (Å²) in [6.07, 6.45) is 2.76. The molecular formula is C10H19NO. The third-order valence-corrected chi connectivity index (χ3v) is 3.58. The van der Waals surface area contributed by atoms with Crippen molar-refractivity contribution in [3.63, 3.8) is 0 Å². The topological polar surface area (TPSA) is 12.5 Å². The van der Waals surface area contributed by atoms with Gasteiger partial charge in [0.2, 0.25) is 0 Å². The first kappa shape index (κ1) is 8.52. The molecule has 2 rings (SSSR count). The molecule has 0 aliphatic carbocycles. The number of hydrogen-bond donors (Lipinski definition) is 0. The molecule has 2 saturated heterocycles. The molecule has 2 heteroatoms. The van der Waals surface area contributed by atoms with E-state index in [1.54, 1.807) is 0 Å². The van der Waals surface area contributed by atoms with Crippen molar-refractivity contribution in [2.45, 2.75) is 25.8 Å². The van der Waals surface area contributed by atoms with Crippen molar-refractivity contribution in [3.05, 3.63) is 0 Å². The summed E-state index contributed by atoms with van der Waals surface area (Å²) < 4.78 is 5.24. The SMILES string of the molecule is C[C@@H]1CC(C2COC2)CCN1C. The number of nitrogens with zero attached hydrogens (tertiary/aromatic N) is 1. The maximum atomic E-state index is 5.24. The zero-order valence-electron chi connectivity index (χ0n) is 8.12. The summed E-state index contributed by atoms with van der Waals surface area (Å²) in [6.45, 7) is 5.68. The molecule has 1 unspecified atom stereocenters. The summed E-state index contributed by atoms with van der Waals surface area (Å²) in [6, 6.07) is 0.782. The van der Waals surface area contributed by atoms with E-state index in [1.165, 1.54) is 19.4 Å². The van der Waals surface area contributed by atoms with E-state index < -0.39 is 0 Å². The Morgan fingerprint density at radius 2 is 2.00 bits per heavy atom. The minimum Gasteiger partial charge on any atom is -0.381 e. The van der Waals surface area contributed by atoms with Gasteiger partial charge in [0.25, 0.3) is 0 Å². The lowest BCUT2D eigenvalue weighted by molar-refractivity contribution is -0.0760. The predicted octanol–water partition coefficient (Wildman–Crippen LogP) is 1.36. The fourth-order valence-electron chi connectivity index (χ4n) is 2.28. The van der Waals surface area contributed by atoms with E-state index in [-0.39, 0.29) is 0 Å². The van der Waals surface area contributed by atoms with Crippen LogP contribution < -0.4 is 0 Å². The van der Waals surface area contributed by atoms with Crippen LogP contribution in [0.2, 0.25) is 0 Å². The van der Waals surface area contributed by atoms with E-state index in [0.29, 0.717) is 0 Å². The Bertz CT molecular complexity index is 156. The van der Waals surface area contributed by atoms with E-state index in [9.17, 15) is 0 Å². The van der Waals surface area contributed by atoms with Crippen LogP contribution in [0.4, 0.5) is 0 Å². The van der Waals surface area contributed by atoms with Crippen LogP contribution in [0, 0.1) is 11.8 Å². The quantitative estimate of drug-likeness (QED) is 0.587. The van der Waals surface area contributed by atoms with Crippen LogP contribution in [0.1, 0.15) is 19.8 Å². The van der Waals surface area contributed by atoms with Crippen molar-refractivity contribution in [1.82, 2.24) is 4.90 Å². The fraction of sp³-hybridized carbons (Fsp3) is 1.00. The third-order valence-electron chi connectivity index (χ3n) is 3.58. The molecule has 2 aliphatic heterocycles. The third kappa shape index (κ3) is 1.50. The molecular weight excluding hydrogens is 150 g/mol. The van der Waals surface area contributed by atoms with Gasteiger partial charge in [-0.25, -0.2) is 0 Å². The van der Waals surface area contributed by atoms with Gasteiger partial charge in [-0.15, -0.1) is 0 Å². The summed E-state index contributed by atoms with van der Waals surface area (Å²) in [4.78, 5) is 2.47. The summed E-state index contributed by atoms with van der Waals surface area (Å²) >= 11 is 0. The van der Waals surface area contributed by atoms with Crippen molar-refractivity contribution >= 4 is 0 Å². The molecule has 70 valence electrons. The van der Waals surface area contributed by atoms with Gasteiger partial charge >= 0.3 is 0 Å². The number of rotatable bonds is 1. The Labute approximate surface area is 74.9 Å². The maximum Gasteiger partial charge on any atom is 0.0519 e. The molecule has 0 radical (unpaired) electrons. The van der Waals surface area contributed by atoms with Crippen molar-refractivity contribution in [2.24, 2.45) is 11.8 Å². The Morgan fingerprint density at radius 1 is 1.25 bits per heavy atom. The zero-order valence-corrected chi connectivity index (χ0v) is 8.12. The molecule has 2 fully saturated rings. The molecule has 12 heavy (non-hydrogen) atoms. The first-order valence-corrected chi connectivity index (χ1v) is 5.05. The smallest absolute Gasteiger partial charge is 0.0519 e. The lowest BCUT2D eigenvalue weighted by atomic mass is 9.81. The van der Waals surface area contributed by atoms with Gasteiger partial charge in [-0.05, 0) is 39.3 Å². The minimum atomic E-state index is 0.782. The van der Waals surface area contributed by atoms with Crippen LogP contribution in [0.15, 0.2) is 0 Å². The number of ether oxygens (including phenoxy) is 1. The van der Waals surface area contributed by atoms with Crippen molar-refractivity contribution < 1.29 is 4.74 Å². The highest BCUT2D eigenvalue weighted by Gasteiger charge is 2.32. The fourth-order valence-corrected chi connectivity index (χ4v) is 2.28. The second-order valence-corrected chi connectivity index (χ2v) is 4.41. The Morgan fingerprint density at radius 3 is 2.50 bits per heavy atom. The standard InChI is InChI=1S/C10H19NO/c1-8-5-9(3-4-11(8)2)10-6-12-7-10/h8-10H,3-7H2,1-2H3/t8-,9?/m1/s1. The van der Waals surface area contributed by atoms with Crippen molar-refractivity contribution in [3.8, 4) is 0 Å². The molecule has 0 spiro atoms. The average molecular weight is 169 g/mol. The highest BCUT2D eigenvalue weighted by atomic mass is 16.5. The molecule has 2 nitrogen and oxygen atoms in total. The van der Waals surface area contributed by atoms with Crippen LogP contribution in [-0.4, -0.2) is 37.7 Å². The van der Waals surface area contributed by atoms with Gasteiger partial charge in [0.05, 0.1) is 13.2 Å². The molecule has 0 N–H and O–H groups in total. The van der Waals surface area contributed by atoms with Gasteiger partial charge in [0.15, 0.2) is 0 Å². The second-order valence-electron chi connectivity index (χ2n) is 4.41. The van der Waals surface area contributed by atoms with Crippen LogP contribution in [-0.2, 0) is 4.74 Å². The molecule has 2 aliphatic rings. The number of hydrogen-bond acceptors (Lipinski definition) is 2. The average Bonchev–Trinajstić information content (AvgIpc) is 1.93. The van der Waals surface area contributed by atoms with Gasteiger partial charge < -0.3 is 9.64 Å². The summed E-state index contributed by atoms with van der Waals surface area (Å²) in [5, 5.41) is 0. The first-order chi connectivity index (χ1) is 5.77. The molecule has 0 aromatic heterocycles. The Hall–Kier alpha value is -0.0800. The van der Waals surface area contributed by atoms with E-state index in [1.807, 2.05) is 0 Å². The van der Waals surface area contributed by atoms with Crippen molar-refractivity contribution in [1.29, 1.82) is 0 Å². The normalized spacial score (nSPS) is 39.5. The highest BCUT2D eigenvalue weighted by molar-refractivity contribution is 4.83. The largest absolute Gasteiger partial charge is 0.381 e. The Balaban J connectivity index is 1.84. The molecule has 0 aromatic rings. The van der Waals surface area contributed by atoms with E-state index in [0.717, 1.165) is 31.1 Å². The van der Waals surface area contributed by atoms with Gasteiger partial charge in [-0.3, -0.25) is 0 Å². The monoisotopic (exact) mass is 169 g/mol. The lowest BCUT2D eigenvalue weighted by Crippen LogP contribution is -2.44. The Kier molecular flexibility index (Phi) is 2.37. The lowest BCUT2D eigenvalue weighted by Gasteiger charge is -2.41. The van der Waals surface area contributed by atoms with Crippen LogP contribution >= 0.6 is 0 Å². The summed E-state index contributed by atoms with van der Waals surface area (Å²) in [5.41, 5.74) is 0. The van der Waals surface area contributed by atoms with Crippen LogP contribution in [0.5, 0.6) is 0 Å². The van der Waals surface area contributed by atoms with Gasteiger partial charge in [0.1, 0.15) is 0 Å². The molecule has 0 aromatic carbocycles. The van der Waals surface area contributed by atoms with E-state index in [2.05, 4.69) is 18.9 Å². The summed E-state index contributed by atoms with van der Waals surface area (Å²) in [5.74, 6) is 1.84. The molecule has 2 atom stereocenters. The molecule has 2 heterocycles. The van der Waals surface area contributed by atoms with Crippen molar-refractivity contribution in [2.75, 3.05) is 26.8 Å². The molecule has 0 bridgehead atoms. The maximum absolute atomic E-state index is 5.24. The highest BCUT2D eigenvalue weighted by Crippen LogP contribution is 2.31. The van der Waals surface area contributed by atoms with E-state index in [4.69, 9.17) is 4.74 Å².